The van der Waals surface area contributed by atoms with Gasteiger partial charge in [-0.1, -0.05) is 12.1 Å². The number of H-pyrrole nitrogens is 1. The van der Waals surface area contributed by atoms with Crippen LogP contribution >= 0.6 is 11.3 Å². The average Bonchev–Trinajstić information content (AvgIpc) is 3.03. The number of aromatic amines is 1. The molecular formula is C17H16N2O4S. The van der Waals surface area contributed by atoms with Gasteiger partial charge in [-0.15, -0.1) is 11.3 Å². The van der Waals surface area contributed by atoms with Crippen LogP contribution in [0.5, 0.6) is 5.75 Å². The highest BCUT2D eigenvalue weighted by Gasteiger charge is 2.10. The predicted molar refractivity (Wildman–Crippen MR) is 91.4 cm³/mol. The van der Waals surface area contributed by atoms with Gasteiger partial charge in [0.2, 0.25) is 0 Å². The van der Waals surface area contributed by atoms with Crippen LogP contribution in [0.4, 0.5) is 0 Å². The third kappa shape index (κ3) is 3.62. The van der Waals surface area contributed by atoms with Gasteiger partial charge in [-0.25, -0.2) is 9.78 Å². The van der Waals surface area contributed by atoms with Gasteiger partial charge in [0.05, 0.1) is 5.52 Å². The lowest BCUT2D eigenvalue weighted by molar-refractivity contribution is -0.147. The van der Waals surface area contributed by atoms with Crippen LogP contribution in [-0.2, 0) is 16.1 Å². The Morgan fingerprint density at radius 2 is 2.12 bits per heavy atom. The van der Waals surface area contributed by atoms with Gasteiger partial charge in [0, 0.05) is 0 Å². The summed E-state index contributed by atoms with van der Waals surface area (Å²) < 4.78 is 11.2. The van der Waals surface area contributed by atoms with Crippen molar-refractivity contribution in [2.24, 2.45) is 0 Å². The van der Waals surface area contributed by atoms with E-state index in [1.165, 1.54) is 11.3 Å². The number of esters is 1. The number of hydrogen-bond acceptors (Lipinski definition) is 6. The van der Waals surface area contributed by atoms with Crippen molar-refractivity contribution >= 4 is 27.5 Å². The monoisotopic (exact) mass is 344 g/mol. The van der Waals surface area contributed by atoms with Crippen molar-refractivity contribution in [3.05, 3.63) is 57.0 Å². The summed E-state index contributed by atoms with van der Waals surface area (Å²) in [5.41, 5.74) is 2.37. The molecule has 0 unspecified atom stereocenters. The van der Waals surface area contributed by atoms with Gasteiger partial charge >= 0.3 is 5.97 Å². The van der Waals surface area contributed by atoms with E-state index in [2.05, 4.69) is 9.97 Å². The Kier molecular flexibility index (Phi) is 4.61. The number of aromatic nitrogens is 2. The molecule has 2 aromatic heterocycles. The second-order valence-corrected chi connectivity index (χ2v) is 6.28. The third-order valence-electron chi connectivity index (χ3n) is 3.42. The number of aryl methyl sites for hydroxylation is 2. The summed E-state index contributed by atoms with van der Waals surface area (Å²) in [5, 5.41) is 1.79. The molecule has 0 spiro atoms. The van der Waals surface area contributed by atoms with Crippen molar-refractivity contribution in [2.45, 2.75) is 20.5 Å². The van der Waals surface area contributed by atoms with E-state index in [0.29, 0.717) is 21.8 Å². The summed E-state index contributed by atoms with van der Waals surface area (Å²) in [5.74, 6) is 0.438. The first kappa shape index (κ1) is 16.2. The number of fused-ring (bicyclic) bond motifs is 1. The van der Waals surface area contributed by atoms with E-state index in [0.717, 1.165) is 11.1 Å². The highest BCUT2D eigenvalue weighted by atomic mass is 32.1. The van der Waals surface area contributed by atoms with E-state index in [4.69, 9.17) is 9.47 Å². The Hall–Kier alpha value is -2.67. The molecule has 0 fully saturated rings. The van der Waals surface area contributed by atoms with Crippen LogP contribution in [0.1, 0.15) is 17.0 Å². The SMILES string of the molecule is Cc1ccc(C)c(OCC(=O)OCc2nc3ccsc3c(=O)[nH]2)c1. The molecule has 0 aliphatic carbocycles. The quantitative estimate of drug-likeness (QED) is 0.720. The summed E-state index contributed by atoms with van der Waals surface area (Å²) >= 11 is 1.32. The summed E-state index contributed by atoms with van der Waals surface area (Å²) in [6, 6.07) is 7.53. The lowest BCUT2D eigenvalue weighted by atomic mass is 10.1. The zero-order valence-corrected chi connectivity index (χ0v) is 14.1. The van der Waals surface area contributed by atoms with Crippen molar-refractivity contribution in [3.63, 3.8) is 0 Å². The molecule has 0 saturated heterocycles. The number of carbonyl (C=O) groups excluding carboxylic acids is 1. The van der Waals surface area contributed by atoms with Crippen LogP contribution in [0.15, 0.2) is 34.4 Å². The minimum Gasteiger partial charge on any atom is -0.482 e. The second kappa shape index (κ2) is 6.84. The van der Waals surface area contributed by atoms with Crippen molar-refractivity contribution in [1.82, 2.24) is 9.97 Å². The normalized spacial score (nSPS) is 10.8. The largest absolute Gasteiger partial charge is 0.482 e. The van der Waals surface area contributed by atoms with Gasteiger partial charge in [0.15, 0.2) is 6.61 Å². The van der Waals surface area contributed by atoms with Gasteiger partial charge in [0.1, 0.15) is 22.9 Å². The maximum Gasteiger partial charge on any atom is 0.344 e. The maximum absolute atomic E-state index is 11.8. The number of carbonyl (C=O) groups is 1. The zero-order valence-electron chi connectivity index (χ0n) is 13.3. The minimum atomic E-state index is -0.524. The highest BCUT2D eigenvalue weighted by Crippen LogP contribution is 2.19. The lowest BCUT2D eigenvalue weighted by Gasteiger charge is -2.09. The van der Waals surface area contributed by atoms with Crippen molar-refractivity contribution < 1.29 is 14.3 Å². The molecule has 0 bridgehead atoms. The lowest BCUT2D eigenvalue weighted by Crippen LogP contribution is -2.17. The van der Waals surface area contributed by atoms with E-state index < -0.39 is 5.97 Å². The fraction of sp³-hybridized carbons (Fsp3) is 0.235. The third-order valence-corrected chi connectivity index (χ3v) is 4.33. The second-order valence-electron chi connectivity index (χ2n) is 5.37. The number of nitrogens with one attached hydrogen (secondary N) is 1. The Balaban J connectivity index is 1.58. The van der Waals surface area contributed by atoms with Crippen LogP contribution in [0.3, 0.4) is 0 Å². The molecule has 0 aliphatic heterocycles. The van der Waals surface area contributed by atoms with E-state index in [9.17, 15) is 9.59 Å². The Morgan fingerprint density at radius 1 is 1.29 bits per heavy atom. The fourth-order valence-electron chi connectivity index (χ4n) is 2.18. The Morgan fingerprint density at radius 3 is 2.96 bits per heavy atom. The zero-order chi connectivity index (χ0) is 17.1. The molecule has 3 rings (SSSR count). The first-order chi connectivity index (χ1) is 11.5. The molecule has 3 aromatic rings. The minimum absolute atomic E-state index is 0.101. The van der Waals surface area contributed by atoms with Gasteiger partial charge in [0.25, 0.3) is 5.56 Å². The topological polar surface area (TPSA) is 81.3 Å². The molecule has 2 heterocycles. The van der Waals surface area contributed by atoms with Crippen LogP contribution in [-0.4, -0.2) is 22.5 Å². The fourth-order valence-corrected chi connectivity index (χ4v) is 2.91. The van der Waals surface area contributed by atoms with Gasteiger partial charge < -0.3 is 14.5 Å². The van der Waals surface area contributed by atoms with Gasteiger partial charge in [-0.2, -0.15) is 0 Å². The predicted octanol–water partition coefficient (Wildman–Crippen LogP) is 2.72. The summed E-state index contributed by atoms with van der Waals surface area (Å²) in [6.07, 6.45) is 0. The molecule has 7 heteroatoms. The van der Waals surface area contributed by atoms with E-state index in [1.807, 2.05) is 32.0 Å². The van der Waals surface area contributed by atoms with Crippen molar-refractivity contribution in [1.29, 1.82) is 0 Å². The van der Waals surface area contributed by atoms with E-state index in [-0.39, 0.29) is 18.8 Å². The highest BCUT2D eigenvalue weighted by molar-refractivity contribution is 7.17. The maximum atomic E-state index is 11.8. The molecule has 6 nitrogen and oxygen atoms in total. The van der Waals surface area contributed by atoms with Crippen LogP contribution in [0.25, 0.3) is 10.2 Å². The summed E-state index contributed by atoms with van der Waals surface area (Å²) in [6.45, 7) is 3.56. The first-order valence-corrected chi connectivity index (χ1v) is 8.23. The average molecular weight is 344 g/mol. The summed E-state index contributed by atoms with van der Waals surface area (Å²) in [4.78, 5) is 30.5. The molecule has 1 aromatic carbocycles. The summed E-state index contributed by atoms with van der Waals surface area (Å²) in [7, 11) is 0. The molecule has 0 atom stereocenters. The molecule has 0 amide bonds. The van der Waals surface area contributed by atoms with E-state index >= 15 is 0 Å². The number of ether oxygens (including phenoxy) is 2. The van der Waals surface area contributed by atoms with Crippen LogP contribution < -0.4 is 10.3 Å². The van der Waals surface area contributed by atoms with Crippen LogP contribution in [0, 0.1) is 13.8 Å². The van der Waals surface area contributed by atoms with Gasteiger partial charge in [-0.3, -0.25) is 4.79 Å². The van der Waals surface area contributed by atoms with Crippen LogP contribution in [0.2, 0.25) is 0 Å². The standard InChI is InChI=1S/C17H16N2O4S/c1-10-3-4-11(2)13(7-10)22-9-15(20)23-8-14-18-12-5-6-24-16(12)17(21)19-14/h3-7H,8-9H2,1-2H3,(H,18,19,21). The molecule has 0 aliphatic rings. The Labute approximate surface area is 142 Å². The molecule has 0 saturated carbocycles. The molecule has 1 N–H and O–H groups in total. The first-order valence-electron chi connectivity index (χ1n) is 7.35. The number of rotatable bonds is 5. The number of benzene rings is 1. The molecular weight excluding hydrogens is 328 g/mol. The number of hydrogen-bond donors (Lipinski definition) is 1. The number of nitrogens with zero attached hydrogens (tertiary/aromatic N) is 1. The molecule has 0 radical (unpaired) electrons. The van der Waals surface area contributed by atoms with E-state index in [1.54, 1.807) is 11.4 Å². The van der Waals surface area contributed by atoms with Crippen molar-refractivity contribution in [2.75, 3.05) is 6.61 Å². The smallest absolute Gasteiger partial charge is 0.344 e. The Bertz CT molecular complexity index is 945. The molecule has 24 heavy (non-hydrogen) atoms. The van der Waals surface area contributed by atoms with Crippen molar-refractivity contribution in [3.8, 4) is 5.75 Å². The van der Waals surface area contributed by atoms with Gasteiger partial charge in [-0.05, 0) is 42.5 Å². The number of thiophene rings is 1. The molecule has 124 valence electrons.